The first kappa shape index (κ1) is 14.4. The average molecular weight is 291 g/mol. The van der Waals surface area contributed by atoms with Crippen molar-refractivity contribution in [3.63, 3.8) is 0 Å². The first-order valence-electron chi connectivity index (χ1n) is 7.88. The van der Waals surface area contributed by atoms with Crippen LogP contribution in [0.1, 0.15) is 38.2 Å². The third-order valence-electron chi connectivity index (χ3n) is 5.20. The number of anilines is 1. The number of carboxylic acids is 1. The molecule has 3 unspecified atom stereocenters. The lowest BCUT2D eigenvalue weighted by molar-refractivity contribution is -0.143. The third kappa shape index (κ3) is 2.63. The molecule has 3 rings (SSSR count). The standard InChI is InChI=1S/C17H22FNO2/c1-2-11-3-6-14(17(20)21)16(9-11)19-8-7-12-4-5-13(18)10-15(12)19/h4-5,10-11,14,16H,2-3,6-9H2,1H3,(H,20,21). The molecule has 1 N–H and O–H groups in total. The molecule has 1 heterocycles. The second kappa shape index (κ2) is 5.66. The second-order valence-electron chi connectivity index (χ2n) is 6.32. The summed E-state index contributed by atoms with van der Waals surface area (Å²) < 4.78 is 13.6. The van der Waals surface area contributed by atoms with Gasteiger partial charge in [-0.2, -0.15) is 0 Å². The van der Waals surface area contributed by atoms with Crippen LogP contribution in [0.15, 0.2) is 18.2 Å². The Morgan fingerprint density at radius 1 is 1.43 bits per heavy atom. The van der Waals surface area contributed by atoms with E-state index >= 15 is 0 Å². The molecule has 21 heavy (non-hydrogen) atoms. The molecule has 0 radical (unpaired) electrons. The Hall–Kier alpha value is -1.58. The zero-order valence-corrected chi connectivity index (χ0v) is 12.4. The van der Waals surface area contributed by atoms with Crippen LogP contribution >= 0.6 is 0 Å². The number of fused-ring (bicyclic) bond motifs is 1. The van der Waals surface area contributed by atoms with Crippen LogP contribution in [0, 0.1) is 17.7 Å². The van der Waals surface area contributed by atoms with Gasteiger partial charge in [-0.1, -0.05) is 19.4 Å². The second-order valence-corrected chi connectivity index (χ2v) is 6.32. The number of nitrogens with zero attached hydrogens (tertiary/aromatic N) is 1. The maximum Gasteiger partial charge on any atom is 0.308 e. The van der Waals surface area contributed by atoms with Gasteiger partial charge < -0.3 is 10.0 Å². The number of carboxylic acid groups (broad SMARTS) is 1. The minimum atomic E-state index is -0.709. The summed E-state index contributed by atoms with van der Waals surface area (Å²) in [5.74, 6) is -0.694. The number of hydrogen-bond donors (Lipinski definition) is 1. The number of rotatable bonds is 3. The van der Waals surface area contributed by atoms with Gasteiger partial charge in [-0.15, -0.1) is 0 Å². The van der Waals surface area contributed by atoms with Gasteiger partial charge in [0.25, 0.3) is 0 Å². The molecule has 1 fully saturated rings. The smallest absolute Gasteiger partial charge is 0.308 e. The highest BCUT2D eigenvalue weighted by Crippen LogP contribution is 2.39. The third-order valence-corrected chi connectivity index (χ3v) is 5.20. The quantitative estimate of drug-likeness (QED) is 0.927. The van der Waals surface area contributed by atoms with Gasteiger partial charge in [-0.3, -0.25) is 4.79 Å². The van der Waals surface area contributed by atoms with Gasteiger partial charge in [0.2, 0.25) is 0 Å². The lowest BCUT2D eigenvalue weighted by atomic mass is 9.76. The van der Waals surface area contributed by atoms with Crippen LogP contribution in [0.2, 0.25) is 0 Å². The molecule has 0 amide bonds. The van der Waals surface area contributed by atoms with Gasteiger partial charge in [0.15, 0.2) is 0 Å². The molecular weight excluding hydrogens is 269 g/mol. The molecule has 0 spiro atoms. The van der Waals surface area contributed by atoms with Crippen molar-refractivity contribution in [2.24, 2.45) is 11.8 Å². The maximum atomic E-state index is 13.6. The lowest BCUT2D eigenvalue weighted by Gasteiger charge is -2.40. The highest BCUT2D eigenvalue weighted by molar-refractivity contribution is 5.73. The molecule has 1 aromatic rings. The summed E-state index contributed by atoms with van der Waals surface area (Å²) in [6.45, 7) is 2.98. The molecular formula is C17H22FNO2. The molecule has 0 bridgehead atoms. The molecule has 1 aliphatic carbocycles. The molecule has 1 aliphatic heterocycles. The summed E-state index contributed by atoms with van der Waals surface area (Å²) in [5, 5.41) is 9.53. The highest BCUT2D eigenvalue weighted by atomic mass is 19.1. The highest BCUT2D eigenvalue weighted by Gasteiger charge is 2.40. The number of carbonyl (C=O) groups is 1. The van der Waals surface area contributed by atoms with E-state index in [-0.39, 0.29) is 17.8 Å². The van der Waals surface area contributed by atoms with E-state index < -0.39 is 5.97 Å². The van der Waals surface area contributed by atoms with Crippen LogP contribution in [0.3, 0.4) is 0 Å². The molecule has 0 aromatic heterocycles. The largest absolute Gasteiger partial charge is 0.481 e. The number of hydrogen-bond acceptors (Lipinski definition) is 2. The fourth-order valence-corrected chi connectivity index (χ4v) is 3.96. The Kier molecular flexibility index (Phi) is 3.87. The van der Waals surface area contributed by atoms with E-state index in [1.807, 2.05) is 6.07 Å². The van der Waals surface area contributed by atoms with E-state index in [1.54, 1.807) is 6.07 Å². The molecule has 3 nitrogen and oxygen atoms in total. The molecule has 4 heteroatoms. The summed E-state index contributed by atoms with van der Waals surface area (Å²) in [5.41, 5.74) is 2.04. The van der Waals surface area contributed by atoms with Crippen molar-refractivity contribution >= 4 is 11.7 Å². The predicted molar refractivity (Wildman–Crippen MR) is 80.0 cm³/mol. The fraction of sp³-hybridized carbons (Fsp3) is 0.588. The Morgan fingerprint density at radius 2 is 2.24 bits per heavy atom. The van der Waals surface area contributed by atoms with Crippen molar-refractivity contribution in [1.29, 1.82) is 0 Å². The first-order chi connectivity index (χ1) is 10.1. The van der Waals surface area contributed by atoms with Crippen molar-refractivity contribution in [1.82, 2.24) is 0 Å². The Labute approximate surface area is 124 Å². The van der Waals surface area contributed by atoms with Crippen LogP contribution in [-0.2, 0) is 11.2 Å². The van der Waals surface area contributed by atoms with Crippen molar-refractivity contribution in [3.05, 3.63) is 29.6 Å². The van der Waals surface area contributed by atoms with E-state index in [4.69, 9.17) is 0 Å². The summed E-state index contributed by atoms with van der Waals surface area (Å²) in [6.07, 6.45) is 4.61. The van der Waals surface area contributed by atoms with Crippen LogP contribution in [-0.4, -0.2) is 23.7 Å². The van der Waals surface area contributed by atoms with Gasteiger partial charge in [0.05, 0.1) is 5.92 Å². The Morgan fingerprint density at radius 3 is 2.95 bits per heavy atom. The Balaban J connectivity index is 1.90. The van der Waals surface area contributed by atoms with Gasteiger partial charge in [-0.25, -0.2) is 4.39 Å². The van der Waals surface area contributed by atoms with E-state index in [2.05, 4.69) is 11.8 Å². The van der Waals surface area contributed by atoms with Crippen molar-refractivity contribution < 1.29 is 14.3 Å². The Bertz CT molecular complexity index is 546. The van der Waals surface area contributed by atoms with Crippen molar-refractivity contribution in [3.8, 4) is 0 Å². The zero-order chi connectivity index (χ0) is 15.0. The summed E-state index contributed by atoms with van der Waals surface area (Å²) in [6, 6.07) is 4.90. The van der Waals surface area contributed by atoms with Crippen LogP contribution in [0.25, 0.3) is 0 Å². The molecule has 1 saturated carbocycles. The van der Waals surface area contributed by atoms with Gasteiger partial charge in [0, 0.05) is 18.3 Å². The van der Waals surface area contributed by atoms with Crippen LogP contribution in [0.5, 0.6) is 0 Å². The summed E-state index contributed by atoms with van der Waals surface area (Å²) in [4.78, 5) is 13.7. The normalized spacial score (nSPS) is 28.5. The maximum absolute atomic E-state index is 13.6. The summed E-state index contributed by atoms with van der Waals surface area (Å²) in [7, 11) is 0. The molecule has 3 atom stereocenters. The number of halogens is 1. The van der Waals surface area contributed by atoms with Crippen molar-refractivity contribution in [2.45, 2.75) is 45.1 Å². The molecule has 1 aromatic carbocycles. The SMILES string of the molecule is CCC1CCC(C(=O)O)C(N2CCc3ccc(F)cc32)C1. The minimum Gasteiger partial charge on any atom is -0.481 e. The summed E-state index contributed by atoms with van der Waals surface area (Å²) >= 11 is 0. The van der Waals surface area contributed by atoms with Crippen LogP contribution < -0.4 is 4.90 Å². The lowest BCUT2D eigenvalue weighted by Crippen LogP contribution is -2.46. The number of benzene rings is 1. The first-order valence-corrected chi connectivity index (χ1v) is 7.88. The van der Waals surface area contributed by atoms with Gasteiger partial charge in [-0.05, 0) is 49.3 Å². The van der Waals surface area contributed by atoms with E-state index in [0.29, 0.717) is 5.92 Å². The minimum absolute atomic E-state index is 0.00394. The van der Waals surface area contributed by atoms with Gasteiger partial charge >= 0.3 is 5.97 Å². The molecule has 2 aliphatic rings. The van der Waals surface area contributed by atoms with E-state index in [9.17, 15) is 14.3 Å². The topological polar surface area (TPSA) is 40.5 Å². The zero-order valence-electron chi connectivity index (χ0n) is 12.4. The van der Waals surface area contributed by atoms with Gasteiger partial charge in [0.1, 0.15) is 5.82 Å². The average Bonchev–Trinajstić information content (AvgIpc) is 2.89. The van der Waals surface area contributed by atoms with E-state index in [1.165, 1.54) is 6.07 Å². The predicted octanol–water partition coefficient (Wildman–Crippen LogP) is 3.47. The van der Waals surface area contributed by atoms with E-state index in [0.717, 1.165) is 49.9 Å². The molecule has 0 saturated heterocycles. The fourth-order valence-electron chi connectivity index (χ4n) is 3.96. The number of aliphatic carboxylic acids is 1. The van der Waals surface area contributed by atoms with Crippen LogP contribution in [0.4, 0.5) is 10.1 Å². The molecule has 114 valence electrons. The monoisotopic (exact) mass is 291 g/mol. The van der Waals surface area contributed by atoms with Crippen molar-refractivity contribution in [2.75, 3.05) is 11.4 Å².